The number of benzene rings is 1. The third-order valence-electron chi connectivity index (χ3n) is 4.00. The molecule has 0 amide bonds. The number of ether oxygens (including phenoxy) is 1. The van der Waals surface area contributed by atoms with Crippen LogP contribution in [0.15, 0.2) is 30.3 Å². The fourth-order valence-corrected chi connectivity index (χ4v) is 2.82. The summed E-state index contributed by atoms with van der Waals surface area (Å²) < 4.78 is 5.37. The first kappa shape index (κ1) is 13.1. The molecule has 2 atom stereocenters. The van der Waals surface area contributed by atoms with Crippen molar-refractivity contribution in [2.75, 3.05) is 13.2 Å². The van der Waals surface area contributed by atoms with Crippen LogP contribution in [-0.2, 0) is 14.9 Å². The Balaban J connectivity index is 2.30. The molecule has 1 heterocycles. The molecule has 0 radical (unpaired) electrons. The second-order valence-corrected chi connectivity index (χ2v) is 5.04. The van der Waals surface area contributed by atoms with Crippen LogP contribution >= 0.6 is 0 Å². The molecule has 0 bridgehead atoms. The van der Waals surface area contributed by atoms with Gasteiger partial charge in [-0.25, -0.2) is 0 Å². The Morgan fingerprint density at radius 1 is 1.44 bits per heavy atom. The average Bonchev–Trinajstić information content (AvgIpc) is 2.89. The zero-order valence-electron chi connectivity index (χ0n) is 10.8. The van der Waals surface area contributed by atoms with Gasteiger partial charge in [-0.1, -0.05) is 37.3 Å². The summed E-state index contributed by atoms with van der Waals surface area (Å²) in [6, 6.07) is 9.59. The molecular formula is C15H20O3. The Bertz CT molecular complexity index is 395. The largest absolute Gasteiger partial charge is 0.481 e. The van der Waals surface area contributed by atoms with Gasteiger partial charge in [0.05, 0.1) is 5.41 Å². The molecule has 2 unspecified atom stereocenters. The first-order valence-corrected chi connectivity index (χ1v) is 6.55. The van der Waals surface area contributed by atoms with Gasteiger partial charge in [-0.15, -0.1) is 0 Å². The standard InChI is InChI=1S/C15H20O3/c1-2-15(14(16)17,10-12-8-9-18-11-12)13-6-4-3-5-7-13/h3-7,12H,2,8-11H2,1H3,(H,16,17). The van der Waals surface area contributed by atoms with Crippen LogP contribution in [-0.4, -0.2) is 24.3 Å². The van der Waals surface area contributed by atoms with Crippen LogP contribution in [0.25, 0.3) is 0 Å². The van der Waals surface area contributed by atoms with Crippen LogP contribution in [0.3, 0.4) is 0 Å². The van der Waals surface area contributed by atoms with E-state index < -0.39 is 11.4 Å². The zero-order chi connectivity index (χ0) is 13.0. The number of carbonyl (C=O) groups is 1. The highest BCUT2D eigenvalue weighted by Gasteiger charge is 2.41. The molecular weight excluding hydrogens is 228 g/mol. The number of rotatable bonds is 5. The molecule has 3 nitrogen and oxygen atoms in total. The van der Waals surface area contributed by atoms with Gasteiger partial charge in [-0.05, 0) is 30.7 Å². The topological polar surface area (TPSA) is 46.5 Å². The number of carboxylic acid groups (broad SMARTS) is 1. The highest BCUT2D eigenvalue weighted by Crippen LogP contribution is 2.37. The van der Waals surface area contributed by atoms with E-state index in [-0.39, 0.29) is 0 Å². The van der Waals surface area contributed by atoms with Gasteiger partial charge in [0.1, 0.15) is 0 Å². The quantitative estimate of drug-likeness (QED) is 0.871. The van der Waals surface area contributed by atoms with Crippen LogP contribution in [0, 0.1) is 5.92 Å². The van der Waals surface area contributed by atoms with Crippen LogP contribution in [0.1, 0.15) is 31.7 Å². The van der Waals surface area contributed by atoms with Crippen LogP contribution in [0.4, 0.5) is 0 Å². The van der Waals surface area contributed by atoms with E-state index >= 15 is 0 Å². The molecule has 0 saturated carbocycles. The van der Waals surface area contributed by atoms with E-state index in [1.807, 2.05) is 37.3 Å². The van der Waals surface area contributed by atoms with E-state index in [1.54, 1.807) is 0 Å². The molecule has 1 aliphatic heterocycles. The highest BCUT2D eigenvalue weighted by atomic mass is 16.5. The number of hydrogen-bond donors (Lipinski definition) is 1. The molecule has 1 fully saturated rings. The minimum Gasteiger partial charge on any atom is -0.481 e. The lowest BCUT2D eigenvalue weighted by atomic mass is 9.71. The molecule has 1 aromatic carbocycles. The molecule has 0 spiro atoms. The second kappa shape index (κ2) is 5.53. The average molecular weight is 248 g/mol. The Hall–Kier alpha value is -1.35. The fourth-order valence-electron chi connectivity index (χ4n) is 2.82. The highest BCUT2D eigenvalue weighted by molar-refractivity contribution is 5.81. The van der Waals surface area contributed by atoms with Gasteiger partial charge < -0.3 is 9.84 Å². The molecule has 1 aromatic rings. The zero-order valence-corrected chi connectivity index (χ0v) is 10.8. The molecule has 1 aliphatic rings. The van der Waals surface area contributed by atoms with Gasteiger partial charge in [-0.3, -0.25) is 4.79 Å². The minimum atomic E-state index is -0.764. The van der Waals surface area contributed by atoms with Crippen molar-refractivity contribution >= 4 is 5.97 Å². The van der Waals surface area contributed by atoms with E-state index in [9.17, 15) is 9.90 Å². The predicted octanol–water partition coefficient (Wildman–Crippen LogP) is 2.85. The smallest absolute Gasteiger partial charge is 0.314 e. The van der Waals surface area contributed by atoms with Gasteiger partial charge in [0, 0.05) is 13.2 Å². The summed E-state index contributed by atoms with van der Waals surface area (Å²) in [5.41, 5.74) is 0.145. The van der Waals surface area contributed by atoms with E-state index in [0.717, 1.165) is 18.6 Å². The van der Waals surface area contributed by atoms with Crippen molar-refractivity contribution < 1.29 is 14.6 Å². The first-order valence-electron chi connectivity index (χ1n) is 6.55. The normalized spacial score (nSPS) is 22.6. The third-order valence-corrected chi connectivity index (χ3v) is 4.00. The van der Waals surface area contributed by atoms with E-state index in [1.165, 1.54) is 0 Å². The predicted molar refractivity (Wildman–Crippen MR) is 69.6 cm³/mol. The van der Waals surface area contributed by atoms with Gasteiger partial charge in [-0.2, -0.15) is 0 Å². The summed E-state index contributed by atoms with van der Waals surface area (Å²) in [5, 5.41) is 9.70. The fraction of sp³-hybridized carbons (Fsp3) is 0.533. The van der Waals surface area contributed by atoms with Crippen molar-refractivity contribution in [2.45, 2.75) is 31.6 Å². The van der Waals surface area contributed by atoms with Crippen molar-refractivity contribution in [3.63, 3.8) is 0 Å². The van der Waals surface area contributed by atoms with Crippen molar-refractivity contribution in [3.05, 3.63) is 35.9 Å². The summed E-state index contributed by atoms with van der Waals surface area (Å²) in [4.78, 5) is 11.8. The maximum atomic E-state index is 11.8. The van der Waals surface area contributed by atoms with Crippen molar-refractivity contribution in [3.8, 4) is 0 Å². The Morgan fingerprint density at radius 3 is 2.67 bits per heavy atom. The molecule has 3 heteroatoms. The summed E-state index contributed by atoms with van der Waals surface area (Å²) >= 11 is 0. The monoisotopic (exact) mass is 248 g/mol. The Morgan fingerprint density at radius 2 is 2.17 bits per heavy atom. The van der Waals surface area contributed by atoms with Gasteiger partial charge in [0.25, 0.3) is 0 Å². The van der Waals surface area contributed by atoms with Crippen molar-refractivity contribution in [1.29, 1.82) is 0 Å². The number of hydrogen-bond acceptors (Lipinski definition) is 2. The lowest BCUT2D eigenvalue weighted by molar-refractivity contribution is -0.145. The minimum absolute atomic E-state index is 0.362. The summed E-state index contributed by atoms with van der Waals surface area (Å²) in [5.74, 6) is -0.357. The third kappa shape index (κ3) is 2.41. The van der Waals surface area contributed by atoms with Gasteiger partial charge >= 0.3 is 5.97 Å². The van der Waals surface area contributed by atoms with Crippen LogP contribution in [0.5, 0.6) is 0 Å². The number of carboxylic acids is 1. The lowest BCUT2D eigenvalue weighted by Gasteiger charge is -2.31. The number of aliphatic carboxylic acids is 1. The maximum absolute atomic E-state index is 11.8. The summed E-state index contributed by atoms with van der Waals surface area (Å²) in [6.07, 6.45) is 2.26. The molecule has 0 aliphatic carbocycles. The van der Waals surface area contributed by atoms with Crippen LogP contribution in [0.2, 0.25) is 0 Å². The second-order valence-electron chi connectivity index (χ2n) is 5.04. The molecule has 0 aromatic heterocycles. The Kier molecular flexibility index (Phi) is 4.02. The van der Waals surface area contributed by atoms with Gasteiger partial charge in [0.15, 0.2) is 0 Å². The maximum Gasteiger partial charge on any atom is 0.314 e. The SMILES string of the molecule is CCC(CC1CCOC1)(C(=O)O)c1ccccc1. The van der Waals surface area contributed by atoms with E-state index in [2.05, 4.69) is 0 Å². The van der Waals surface area contributed by atoms with Crippen molar-refractivity contribution in [2.24, 2.45) is 5.92 Å². The first-order chi connectivity index (χ1) is 8.69. The Labute approximate surface area is 108 Å². The summed E-state index contributed by atoms with van der Waals surface area (Å²) in [7, 11) is 0. The lowest BCUT2D eigenvalue weighted by Crippen LogP contribution is -2.37. The molecule has 1 N–H and O–H groups in total. The van der Waals surface area contributed by atoms with E-state index in [4.69, 9.17) is 4.74 Å². The van der Waals surface area contributed by atoms with Crippen LogP contribution < -0.4 is 0 Å². The van der Waals surface area contributed by atoms with E-state index in [0.29, 0.717) is 25.4 Å². The van der Waals surface area contributed by atoms with Crippen molar-refractivity contribution in [1.82, 2.24) is 0 Å². The molecule has 2 rings (SSSR count). The molecule has 1 saturated heterocycles. The summed E-state index contributed by atoms with van der Waals surface area (Å²) in [6.45, 7) is 3.41. The molecule has 18 heavy (non-hydrogen) atoms. The van der Waals surface area contributed by atoms with Gasteiger partial charge in [0.2, 0.25) is 0 Å². The molecule has 98 valence electrons.